The lowest BCUT2D eigenvalue weighted by atomic mass is 9.96. The van der Waals surface area contributed by atoms with Crippen molar-refractivity contribution in [2.75, 3.05) is 41.0 Å². The van der Waals surface area contributed by atoms with E-state index in [1.165, 1.54) is 0 Å². The molecule has 0 radical (unpaired) electrons. The summed E-state index contributed by atoms with van der Waals surface area (Å²) in [7, 11) is 4.96. The van der Waals surface area contributed by atoms with Crippen molar-refractivity contribution in [1.82, 2.24) is 9.80 Å². The number of carbonyl (C=O) groups excluding carboxylic acids is 2. The number of nitrogens with zero attached hydrogens (tertiary/aromatic N) is 2. The zero-order valence-electron chi connectivity index (χ0n) is 15.0. The van der Waals surface area contributed by atoms with Crippen LogP contribution in [0.5, 0.6) is 5.75 Å². The molecule has 1 fully saturated rings. The Bertz CT molecular complexity index is 623. The van der Waals surface area contributed by atoms with E-state index in [0.717, 1.165) is 5.56 Å². The molecule has 25 heavy (non-hydrogen) atoms. The summed E-state index contributed by atoms with van der Waals surface area (Å²) in [5, 5.41) is 0.602. The van der Waals surface area contributed by atoms with E-state index in [4.69, 9.17) is 21.1 Å². The number of ether oxygens (including phenoxy) is 2. The third-order valence-electron chi connectivity index (χ3n) is 4.44. The lowest BCUT2D eigenvalue weighted by Gasteiger charge is -2.33. The van der Waals surface area contributed by atoms with Crippen LogP contribution in [-0.4, -0.2) is 62.6 Å². The molecule has 138 valence electrons. The summed E-state index contributed by atoms with van der Waals surface area (Å²) < 4.78 is 10.4. The van der Waals surface area contributed by atoms with Gasteiger partial charge >= 0.3 is 0 Å². The first kappa shape index (κ1) is 19.5. The summed E-state index contributed by atoms with van der Waals surface area (Å²) in [6, 6.07) is 5.35. The minimum Gasteiger partial charge on any atom is -0.496 e. The third kappa shape index (κ3) is 5.09. The Kier molecular flexibility index (Phi) is 7.08. The fourth-order valence-electron chi connectivity index (χ4n) is 3.05. The van der Waals surface area contributed by atoms with Gasteiger partial charge in [-0.1, -0.05) is 11.6 Å². The second-order valence-corrected chi connectivity index (χ2v) is 6.66. The van der Waals surface area contributed by atoms with E-state index in [2.05, 4.69) is 0 Å². The molecule has 0 saturated carbocycles. The summed E-state index contributed by atoms with van der Waals surface area (Å²) in [5.41, 5.74) is 0.856. The molecule has 1 aliphatic heterocycles. The predicted octanol–water partition coefficient (Wildman–Crippen LogP) is 2.19. The van der Waals surface area contributed by atoms with E-state index in [-0.39, 0.29) is 17.7 Å². The van der Waals surface area contributed by atoms with Crippen molar-refractivity contribution in [3.63, 3.8) is 0 Å². The van der Waals surface area contributed by atoms with Crippen LogP contribution in [-0.2, 0) is 20.9 Å². The molecule has 0 aliphatic carbocycles. The topological polar surface area (TPSA) is 59.1 Å². The molecule has 1 atom stereocenters. The maximum absolute atomic E-state index is 12.8. The molecular formula is C18H25ClN2O4. The first-order valence-corrected chi connectivity index (χ1v) is 8.68. The molecule has 1 heterocycles. The van der Waals surface area contributed by atoms with Gasteiger partial charge in [-0.2, -0.15) is 0 Å². The van der Waals surface area contributed by atoms with Gasteiger partial charge in [0.1, 0.15) is 5.75 Å². The molecule has 0 unspecified atom stereocenters. The van der Waals surface area contributed by atoms with Crippen molar-refractivity contribution in [3.05, 3.63) is 28.8 Å². The van der Waals surface area contributed by atoms with Crippen LogP contribution in [0.4, 0.5) is 0 Å². The second kappa shape index (κ2) is 9.06. The highest BCUT2D eigenvalue weighted by atomic mass is 35.5. The molecule has 0 N–H and O–H groups in total. The van der Waals surface area contributed by atoms with Gasteiger partial charge in [-0.3, -0.25) is 9.59 Å². The molecule has 6 nitrogen and oxygen atoms in total. The van der Waals surface area contributed by atoms with Crippen LogP contribution in [0.1, 0.15) is 18.4 Å². The summed E-state index contributed by atoms with van der Waals surface area (Å²) in [6.45, 7) is 1.84. The van der Waals surface area contributed by atoms with E-state index in [0.29, 0.717) is 49.9 Å². The van der Waals surface area contributed by atoms with Crippen molar-refractivity contribution in [1.29, 1.82) is 0 Å². The van der Waals surface area contributed by atoms with Crippen molar-refractivity contribution < 1.29 is 19.1 Å². The van der Waals surface area contributed by atoms with Crippen LogP contribution in [0.15, 0.2) is 18.2 Å². The summed E-state index contributed by atoms with van der Waals surface area (Å²) >= 11 is 6.05. The minimum atomic E-state index is -0.190. The van der Waals surface area contributed by atoms with Crippen LogP contribution < -0.4 is 4.74 Å². The van der Waals surface area contributed by atoms with Crippen LogP contribution in [0.25, 0.3) is 0 Å². The SMILES string of the molecule is COCCN1C[C@H](C(=O)N(C)Cc2cc(Cl)ccc2OC)CCC1=O. The molecule has 2 rings (SSSR count). The molecular weight excluding hydrogens is 344 g/mol. The smallest absolute Gasteiger partial charge is 0.227 e. The monoisotopic (exact) mass is 368 g/mol. The van der Waals surface area contributed by atoms with Gasteiger partial charge in [-0.25, -0.2) is 0 Å². The Labute approximate surface area is 153 Å². The number of hydrogen-bond acceptors (Lipinski definition) is 4. The maximum atomic E-state index is 12.8. The molecule has 1 aliphatic rings. The first-order chi connectivity index (χ1) is 12.0. The zero-order chi connectivity index (χ0) is 18.4. The molecule has 1 aromatic rings. The van der Waals surface area contributed by atoms with Gasteiger partial charge in [0.05, 0.1) is 19.6 Å². The highest BCUT2D eigenvalue weighted by Crippen LogP contribution is 2.25. The van der Waals surface area contributed by atoms with Gasteiger partial charge < -0.3 is 19.3 Å². The summed E-state index contributed by atoms with van der Waals surface area (Å²) in [5.74, 6) is 0.617. The number of benzene rings is 1. The zero-order valence-corrected chi connectivity index (χ0v) is 15.7. The summed E-state index contributed by atoms with van der Waals surface area (Å²) in [6.07, 6.45) is 0.979. The van der Waals surface area contributed by atoms with Crippen LogP contribution in [0, 0.1) is 5.92 Å². The Balaban J connectivity index is 2.02. The number of amides is 2. The van der Waals surface area contributed by atoms with E-state index < -0.39 is 0 Å². The van der Waals surface area contributed by atoms with Crippen LogP contribution in [0.2, 0.25) is 5.02 Å². The largest absolute Gasteiger partial charge is 0.496 e. The van der Waals surface area contributed by atoms with Gasteiger partial charge in [-0.15, -0.1) is 0 Å². The normalized spacial score (nSPS) is 17.5. The lowest BCUT2D eigenvalue weighted by Crippen LogP contribution is -2.47. The van der Waals surface area contributed by atoms with Crippen LogP contribution in [0.3, 0.4) is 0 Å². The van der Waals surface area contributed by atoms with Gasteiger partial charge in [-0.05, 0) is 24.6 Å². The predicted molar refractivity (Wildman–Crippen MR) is 95.7 cm³/mol. The van der Waals surface area contributed by atoms with Crippen molar-refractivity contribution in [2.45, 2.75) is 19.4 Å². The van der Waals surface area contributed by atoms with Crippen molar-refractivity contribution in [2.24, 2.45) is 5.92 Å². The Morgan fingerprint density at radius 3 is 2.84 bits per heavy atom. The summed E-state index contributed by atoms with van der Waals surface area (Å²) in [4.78, 5) is 28.1. The number of likely N-dealkylation sites (tertiary alicyclic amines) is 1. The fourth-order valence-corrected chi connectivity index (χ4v) is 3.24. The fraction of sp³-hybridized carbons (Fsp3) is 0.556. The highest BCUT2D eigenvalue weighted by molar-refractivity contribution is 6.30. The standard InChI is InChI=1S/C18H25ClN2O4/c1-20(11-14-10-15(19)5-6-16(14)25-3)18(23)13-4-7-17(22)21(12-13)8-9-24-2/h5-6,10,13H,4,7-9,11-12H2,1-3H3/t13-/m1/s1. The van der Waals surface area contributed by atoms with Crippen molar-refractivity contribution in [3.8, 4) is 5.75 Å². The number of hydrogen-bond donors (Lipinski definition) is 0. The molecule has 0 spiro atoms. The van der Waals surface area contributed by atoms with Gasteiger partial charge in [0.2, 0.25) is 11.8 Å². The third-order valence-corrected chi connectivity index (χ3v) is 4.68. The lowest BCUT2D eigenvalue weighted by molar-refractivity contribution is -0.143. The number of rotatable bonds is 7. The first-order valence-electron chi connectivity index (χ1n) is 8.30. The average molecular weight is 369 g/mol. The molecule has 1 aromatic carbocycles. The van der Waals surface area contributed by atoms with E-state index in [1.807, 2.05) is 0 Å². The van der Waals surface area contributed by atoms with Gasteiger partial charge in [0.25, 0.3) is 0 Å². The second-order valence-electron chi connectivity index (χ2n) is 6.22. The van der Waals surface area contributed by atoms with E-state index >= 15 is 0 Å². The van der Waals surface area contributed by atoms with Crippen molar-refractivity contribution >= 4 is 23.4 Å². The Hall–Kier alpha value is -1.79. The minimum absolute atomic E-state index is 0.0249. The highest BCUT2D eigenvalue weighted by Gasteiger charge is 2.31. The quantitative estimate of drug-likeness (QED) is 0.740. The molecule has 2 amide bonds. The van der Waals surface area contributed by atoms with Gasteiger partial charge in [0.15, 0.2) is 0 Å². The Morgan fingerprint density at radius 1 is 1.40 bits per heavy atom. The number of carbonyl (C=O) groups is 2. The Morgan fingerprint density at radius 2 is 2.16 bits per heavy atom. The number of methoxy groups -OCH3 is 2. The number of halogens is 1. The molecule has 0 aromatic heterocycles. The van der Waals surface area contributed by atoms with Crippen LogP contribution >= 0.6 is 11.6 Å². The number of piperidine rings is 1. The average Bonchev–Trinajstić information content (AvgIpc) is 2.60. The van der Waals surface area contributed by atoms with E-state index in [1.54, 1.807) is 49.3 Å². The molecule has 7 heteroatoms. The van der Waals surface area contributed by atoms with Gasteiger partial charge in [0, 0.05) is 50.8 Å². The maximum Gasteiger partial charge on any atom is 0.227 e. The van der Waals surface area contributed by atoms with E-state index in [9.17, 15) is 9.59 Å². The molecule has 1 saturated heterocycles. The molecule has 0 bridgehead atoms.